The van der Waals surface area contributed by atoms with Crippen LogP contribution in [0.15, 0.2) is 6.33 Å². The van der Waals surface area contributed by atoms with Gasteiger partial charge in [0.15, 0.2) is 5.82 Å². The largest absolute Gasteiger partial charge is 0.347 e. The second-order valence-corrected chi connectivity index (χ2v) is 5.57. The molecule has 19 heavy (non-hydrogen) atoms. The highest BCUT2D eigenvalue weighted by Crippen LogP contribution is 2.22. The summed E-state index contributed by atoms with van der Waals surface area (Å²) in [5, 5.41) is 8.00. The second kappa shape index (κ2) is 4.77. The number of nitrogens with one attached hydrogen (secondary N) is 2. The number of hydrogen-bond donors (Lipinski definition) is 2. The van der Waals surface area contributed by atoms with Crippen LogP contribution in [0, 0.1) is 5.92 Å². The van der Waals surface area contributed by atoms with E-state index in [1.165, 1.54) is 5.69 Å². The molecule has 1 atom stereocenters. The van der Waals surface area contributed by atoms with E-state index in [9.17, 15) is 0 Å². The van der Waals surface area contributed by atoms with Crippen LogP contribution in [-0.2, 0) is 26.4 Å². The highest BCUT2D eigenvalue weighted by molar-refractivity contribution is 5.18. The number of H-pyrrole nitrogens is 1. The number of imidazole rings is 1. The van der Waals surface area contributed by atoms with Crippen LogP contribution in [0.1, 0.15) is 42.9 Å². The molecule has 1 unspecified atom stereocenters. The van der Waals surface area contributed by atoms with Crippen molar-refractivity contribution >= 4 is 0 Å². The third kappa shape index (κ3) is 2.40. The molecule has 0 bridgehead atoms. The van der Waals surface area contributed by atoms with Crippen LogP contribution in [0.4, 0.5) is 0 Å². The zero-order valence-corrected chi connectivity index (χ0v) is 11.6. The van der Waals surface area contributed by atoms with E-state index in [1.54, 1.807) is 6.33 Å². The van der Waals surface area contributed by atoms with Crippen molar-refractivity contribution in [2.24, 2.45) is 13.0 Å². The maximum atomic E-state index is 4.68. The molecule has 0 saturated carbocycles. The average molecular weight is 260 g/mol. The summed E-state index contributed by atoms with van der Waals surface area (Å²) in [5.41, 5.74) is 2.32. The molecule has 6 heteroatoms. The van der Waals surface area contributed by atoms with E-state index in [0.717, 1.165) is 36.7 Å². The van der Waals surface area contributed by atoms with Crippen LogP contribution in [0.2, 0.25) is 0 Å². The van der Waals surface area contributed by atoms with Crippen LogP contribution in [0.5, 0.6) is 0 Å². The predicted octanol–water partition coefficient (Wildman–Crippen LogP) is 1.12. The van der Waals surface area contributed by atoms with Gasteiger partial charge in [0.05, 0.1) is 23.8 Å². The second-order valence-electron chi connectivity index (χ2n) is 5.57. The Morgan fingerprint density at radius 3 is 3.11 bits per heavy atom. The van der Waals surface area contributed by atoms with Gasteiger partial charge in [-0.2, -0.15) is 5.10 Å². The maximum absolute atomic E-state index is 4.68. The molecule has 0 saturated heterocycles. The van der Waals surface area contributed by atoms with Gasteiger partial charge in [-0.25, -0.2) is 9.97 Å². The molecular weight excluding hydrogens is 240 g/mol. The molecule has 3 heterocycles. The molecular formula is C13H20N6. The molecule has 0 spiro atoms. The van der Waals surface area contributed by atoms with Gasteiger partial charge in [0, 0.05) is 26.4 Å². The van der Waals surface area contributed by atoms with Gasteiger partial charge in [-0.05, 0) is 5.92 Å². The van der Waals surface area contributed by atoms with Crippen molar-refractivity contribution in [3.63, 3.8) is 0 Å². The lowest BCUT2D eigenvalue weighted by molar-refractivity contribution is 0.450. The fraction of sp³-hybridized carbons (Fsp3) is 0.615. The topological polar surface area (TPSA) is 71.4 Å². The highest BCUT2D eigenvalue weighted by atomic mass is 15.3. The molecule has 0 aliphatic carbocycles. The van der Waals surface area contributed by atoms with E-state index in [2.05, 4.69) is 39.2 Å². The predicted molar refractivity (Wildman–Crippen MR) is 71.4 cm³/mol. The Balaban J connectivity index is 1.81. The van der Waals surface area contributed by atoms with Crippen molar-refractivity contribution in [3.8, 4) is 0 Å². The minimum absolute atomic E-state index is 0.203. The molecule has 6 nitrogen and oxygen atoms in total. The summed E-state index contributed by atoms with van der Waals surface area (Å²) in [5.74, 6) is 2.51. The quantitative estimate of drug-likeness (QED) is 0.867. The third-order valence-electron chi connectivity index (χ3n) is 3.47. The van der Waals surface area contributed by atoms with E-state index in [4.69, 9.17) is 0 Å². The normalized spacial score (nSPS) is 18.8. The average Bonchev–Trinajstić information content (AvgIpc) is 2.93. The van der Waals surface area contributed by atoms with Gasteiger partial charge in [0.1, 0.15) is 5.82 Å². The molecule has 2 aromatic heterocycles. The number of nitrogens with zero attached hydrogens (tertiary/aromatic N) is 4. The SMILES string of the molecule is CC(C)Cc1nc(C2Cc3nc[nH]c3CN2)n(C)n1. The Morgan fingerprint density at radius 2 is 2.32 bits per heavy atom. The molecule has 0 amide bonds. The fourth-order valence-corrected chi connectivity index (χ4v) is 2.56. The van der Waals surface area contributed by atoms with Crippen molar-refractivity contribution < 1.29 is 0 Å². The van der Waals surface area contributed by atoms with E-state index < -0.39 is 0 Å². The first-order valence-electron chi connectivity index (χ1n) is 6.77. The lowest BCUT2D eigenvalue weighted by Crippen LogP contribution is -2.30. The third-order valence-corrected chi connectivity index (χ3v) is 3.47. The Morgan fingerprint density at radius 1 is 1.47 bits per heavy atom. The first kappa shape index (κ1) is 12.3. The van der Waals surface area contributed by atoms with Crippen LogP contribution in [0.25, 0.3) is 0 Å². The summed E-state index contributed by atoms with van der Waals surface area (Å²) < 4.78 is 1.90. The van der Waals surface area contributed by atoms with Gasteiger partial charge in [-0.15, -0.1) is 0 Å². The molecule has 3 rings (SSSR count). The van der Waals surface area contributed by atoms with Crippen molar-refractivity contribution in [1.29, 1.82) is 0 Å². The summed E-state index contributed by atoms with van der Waals surface area (Å²) in [6.07, 6.45) is 3.55. The summed E-state index contributed by atoms with van der Waals surface area (Å²) in [6.45, 7) is 5.18. The van der Waals surface area contributed by atoms with Crippen LogP contribution < -0.4 is 5.32 Å². The maximum Gasteiger partial charge on any atom is 0.151 e. The Bertz CT molecular complexity index is 567. The number of aryl methyl sites for hydroxylation is 1. The zero-order chi connectivity index (χ0) is 13.4. The van der Waals surface area contributed by atoms with Gasteiger partial charge in [-0.3, -0.25) is 4.68 Å². The Labute approximate surface area is 112 Å². The Kier molecular flexibility index (Phi) is 3.10. The van der Waals surface area contributed by atoms with E-state index in [1.807, 2.05) is 11.7 Å². The molecule has 1 aliphatic rings. The minimum atomic E-state index is 0.203. The van der Waals surface area contributed by atoms with Gasteiger partial charge in [0.25, 0.3) is 0 Å². The molecule has 0 radical (unpaired) electrons. The van der Waals surface area contributed by atoms with Crippen LogP contribution in [-0.4, -0.2) is 24.7 Å². The number of fused-ring (bicyclic) bond motifs is 1. The van der Waals surface area contributed by atoms with Gasteiger partial charge < -0.3 is 10.3 Å². The monoisotopic (exact) mass is 260 g/mol. The fourth-order valence-electron chi connectivity index (χ4n) is 2.56. The van der Waals surface area contributed by atoms with Gasteiger partial charge in [-0.1, -0.05) is 13.8 Å². The van der Waals surface area contributed by atoms with Gasteiger partial charge >= 0.3 is 0 Å². The number of aromatic amines is 1. The first-order valence-corrected chi connectivity index (χ1v) is 6.77. The molecule has 1 aliphatic heterocycles. The standard InChI is InChI=1S/C13H20N6/c1-8(2)4-12-17-13(19(3)18-12)10-5-9-11(6-14-10)16-7-15-9/h7-8,10,14H,4-6H2,1-3H3,(H,15,16). The minimum Gasteiger partial charge on any atom is -0.347 e. The van der Waals surface area contributed by atoms with Crippen molar-refractivity contribution in [2.45, 2.75) is 39.3 Å². The molecule has 0 fully saturated rings. The summed E-state index contributed by atoms with van der Waals surface area (Å²) in [4.78, 5) is 12.2. The summed E-state index contributed by atoms with van der Waals surface area (Å²) in [6, 6.07) is 0.203. The number of rotatable bonds is 3. The van der Waals surface area contributed by atoms with E-state index >= 15 is 0 Å². The van der Waals surface area contributed by atoms with Crippen molar-refractivity contribution in [3.05, 3.63) is 29.4 Å². The van der Waals surface area contributed by atoms with E-state index in [0.29, 0.717) is 5.92 Å². The van der Waals surface area contributed by atoms with Gasteiger partial charge in [0.2, 0.25) is 0 Å². The molecule has 2 aromatic rings. The lowest BCUT2D eigenvalue weighted by Gasteiger charge is -2.21. The smallest absolute Gasteiger partial charge is 0.151 e. The highest BCUT2D eigenvalue weighted by Gasteiger charge is 2.25. The van der Waals surface area contributed by atoms with Crippen molar-refractivity contribution in [2.75, 3.05) is 0 Å². The Hall–Kier alpha value is -1.69. The van der Waals surface area contributed by atoms with Crippen LogP contribution in [0.3, 0.4) is 0 Å². The van der Waals surface area contributed by atoms with E-state index in [-0.39, 0.29) is 6.04 Å². The van der Waals surface area contributed by atoms with Crippen LogP contribution >= 0.6 is 0 Å². The zero-order valence-electron chi connectivity index (χ0n) is 11.6. The molecule has 102 valence electrons. The summed E-state index contributed by atoms with van der Waals surface area (Å²) >= 11 is 0. The molecule has 2 N–H and O–H groups in total. The number of aromatic nitrogens is 5. The summed E-state index contributed by atoms with van der Waals surface area (Å²) in [7, 11) is 1.97. The lowest BCUT2D eigenvalue weighted by atomic mass is 10.0. The van der Waals surface area contributed by atoms with Crippen molar-refractivity contribution in [1.82, 2.24) is 30.0 Å². The molecule has 0 aromatic carbocycles. The number of hydrogen-bond acceptors (Lipinski definition) is 4. The first-order chi connectivity index (χ1) is 9.13.